The molecule has 8 nitrogen and oxygen atoms in total. The molecular weight excluding hydrogens is 302 g/mol. The smallest absolute Gasteiger partial charge is 0.319 e. The van der Waals surface area contributed by atoms with Gasteiger partial charge in [-0.2, -0.15) is 0 Å². The second-order valence-corrected chi connectivity index (χ2v) is 6.29. The number of piperidine rings is 1. The van der Waals surface area contributed by atoms with Crippen molar-refractivity contribution < 1.29 is 19.5 Å². The highest BCUT2D eigenvalue weighted by molar-refractivity contribution is 5.98. The van der Waals surface area contributed by atoms with Gasteiger partial charge in [0, 0.05) is 21.5 Å². The summed E-state index contributed by atoms with van der Waals surface area (Å²) in [6.45, 7) is 0.509. The summed E-state index contributed by atoms with van der Waals surface area (Å²) in [5, 5.41) is 23.1. The Morgan fingerprint density at radius 3 is 2.39 bits per heavy atom. The molecule has 1 saturated heterocycles. The summed E-state index contributed by atoms with van der Waals surface area (Å²) >= 11 is 0. The lowest BCUT2D eigenvalue weighted by Crippen LogP contribution is -3.17. The highest BCUT2D eigenvalue weighted by Gasteiger charge is 2.69. The number of rotatable bonds is 4. The minimum absolute atomic E-state index is 0.0341. The summed E-state index contributed by atoms with van der Waals surface area (Å²) in [4.78, 5) is 34.9. The maximum absolute atomic E-state index is 12.2. The number of nitrogens with zero attached hydrogens (tertiary/aromatic N) is 2. The number of quaternary nitrogens is 1. The second-order valence-electron chi connectivity index (χ2n) is 6.29. The maximum atomic E-state index is 12.2. The molecule has 1 aromatic carbocycles. The van der Waals surface area contributed by atoms with Crippen LogP contribution in [0.5, 0.6) is 0 Å². The van der Waals surface area contributed by atoms with Crippen LogP contribution in [0.25, 0.3) is 0 Å². The molecule has 1 heterocycles. The Balaban J connectivity index is 1.99. The fraction of sp³-hybridized carbons (Fsp3) is 0.400. The van der Waals surface area contributed by atoms with Gasteiger partial charge in [-0.25, -0.2) is 0 Å². The number of fused-ring (bicyclic) bond motifs is 2. The van der Waals surface area contributed by atoms with E-state index in [0.29, 0.717) is 11.4 Å². The van der Waals surface area contributed by atoms with Crippen LogP contribution < -0.4 is 4.90 Å². The van der Waals surface area contributed by atoms with Crippen molar-refractivity contribution in [3.63, 3.8) is 0 Å². The first kappa shape index (κ1) is 15.3. The van der Waals surface area contributed by atoms with Crippen molar-refractivity contribution in [1.82, 2.24) is 0 Å². The van der Waals surface area contributed by atoms with Crippen LogP contribution in [-0.2, 0) is 11.3 Å². The first-order chi connectivity index (χ1) is 10.9. The molecule has 1 unspecified atom stereocenters. The zero-order chi connectivity index (χ0) is 16.7. The molecule has 1 aliphatic carbocycles. The molecule has 23 heavy (non-hydrogen) atoms. The number of carbonyl (C=O) groups excluding carboxylic acids is 1. The third-order valence-corrected chi connectivity index (χ3v) is 4.71. The van der Waals surface area contributed by atoms with Crippen LogP contribution in [0.1, 0.15) is 12.0 Å². The Morgan fingerprint density at radius 1 is 1.09 bits per heavy atom. The van der Waals surface area contributed by atoms with Crippen molar-refractivity contribution >= 4 is 5.78 Å². The molecule has 1 fully saturated rings. The van der Waals surface area contributed by atoms with Crippen molar-refractivity contribution in [2.75, 3.05) is 13.1 Å². The number of nitro groups is 2. The number of likely N-dealkylation sites (tertiary alicyclic amines) is 1. The molecule has 1 aliphatic heterocycles. The first-order valence-corrected chi connectivity index (χ1v) is 7.28. The van der Waals surface area contributed by atoms with Crippen molar-refractivity contribution in [2.24, 2.45) is 0 Å². The van der Waals surface area contributed by atoms with E-state index >= 15 is 0 Å². The standard InChI is InChI=1S/C15H15N3O5/c19-13-6-7-14(17(20)21)9-15(13,18(22)23)11-16(10-14)8-12-4-2-1-3-5-12/h1-7H,8-11H2/p+1/t14-,15+/m0/s1. The molecule has 0 amide bonds. The fourth-order valence-corrected chi connectivity index (χ4v) is 3.64. The topological polar surface area (TPSA) is 108 Å². The van der Waals surface area contributed by atoms with E-state index in [-0.39, 0.29) is 19.5 Å². The van der Waals surface area contributed by atoms with Gasteiger partial charge in [-0.3, -0.25) is 25.0 Å². The molecule has 8 heteroatoms. The minimum atomic E-state index is -1.90. The van der Waals surface area contributed by atoms with E-state index < -0.39 is 26.7 Å². The molecule has 2 aliphatic rings. The lowest BCUT2D eigenvalue weighted by atomic mass is 9.71. The Kier molecular flexibility index (Phi) is 3.48. The van der Waals surface area contributed by atoms with Crippen LogP contribution in [0.3, 0.4) is 0 Å². The summed E-state index contributed by atoms with van der Waals surface area (Å²) in [5.41, 5.74) is -2.52. The van der Waals surface area contributed by atoms with Crippen molar-refractivity contribution in [3.05, 3.63) is 68.3 Å². The zero-order valence-corrected chi connectivity index (χ0v) is 12.3. The Labute approximate surface area is 131 Å². The third-order valence-electron chi connectivity index (χ3n) is 4.71. The van der Waals surface area contributed by atoms with Gasteiger partial charge in [-0.15, -0.1) is 0 Å². The molecule has 2 bridgehead atoms. The third kappa shape index (κ3) is 2.40. The van der Waals surface area contributed by atoms with Gasteiger partial charge >= 0.3 is 5.54 Å². The average molecular weight is 318 g/mol. The largest absolute Gasteiger partial charge is 0.337 e. The SMILES string of the molecule is O=C1C=C[C@@]2([N+](=O)[O-])C[NH+](Cc3ccccc3)C[C@]1([N+](=O)[O-])C2. The van der Waals surface area contributed by atoms with Gasteiger partial charge in [0.15, 0.2) is 13.1 Å². The van der Waals surface area contributed by atoms with Crippen LogP contribution in [0, 0.1) is 20.2 Å². The predicted octanol–water partition coefficient (Wildman–Crippen LogP) is -0.355. The zero-order valence-electron chi connectivity index (χ0n) is 12.3. The molecule has 3 atom stereocenters. The Hall–Kier alpha value is -2.61. The van der Waals surface area contributed by atoms with E-state index in [4.69, 9.17) is 0 Å². The molecule has 120 valence electrons. The average Bonchev–Trinajstić information content (AvgIpc) is 2.52. The normalized spacial score (nSPS) is 32.5. The van der Waals surface area contributed by atoms with Crippen LogP contribution >= 0.6 is 0 Å². The maximum Gasteiger partial charge on any atom is 0.337 e. The van der Waals surface area contributed by atoms with E-state index in [1.807, 2.05) is 30.3 Å². The highest BCUT2D eigenvalue weighted by Crippen LogP contribution is 2.34. The number of carbonyl (C=O) groups is 1. The van der Waals surface area contributed by atoms with E-state index in [9.17, 15) is 25.0 Å². The quantitative estimate of drug-likeness (QED) is 0.603. The summed E-state index contributed by atoms with van der Waals surface area (Å²) in [7, 11) is 0. The minimum Gasteiger partial charge on any atom is -0.319 e. The van der Waals surface area contributed by atoms with Crippen molar-refractivity contribution in [1.29, 1.82) is 0 Å². The van der Waals surface area contributed by atoms with E-state index in [0.717, 1.165) is 11.6 Å². The van der Waals surface area contributed by atoms with Gasteiger partial charge in [0.2, 0.25) is 5.78 Å². The van der Waals surface area contributed by atoms with E-state index in [2.05, 4.69) is 0 Å². The molecule has 3 rings (SSSR count). The summed E-state index contributed by atoms with van der Waals surface area (Å²) in [5.74, 6) is -0.648. The number of hydrogen-bond donors (Lipinski definition) is 1. The molecule has 1 aromatic rings. The Morgan fingerprint density at radius 2 is 1.78 bits per heavy atom. The summed E-state index contributed by atoms with van der Waals surface area (Å²) < 4.78 is 0. The molecular formula is C15H16N3O5+. The van der Waals surface area contributed by atoms with Gasteiger partial charge in [0.05, 0.1) is 0 Å². The van der Waals surface area contributed by atoms with Gasteiger partial charge in [-0.1, -0.05) is 30.3 Å². The fourth-order valence-electron chi connectivity index (χ4n) is 3.64. The number of ketones is 1. The first-order valence-electron chi connectivity index (χ1n) is 7.28. The van der Waals surface area contributed by atoms with Crippen molar-refractivity contribution in [3.8, 4) is 0 Å². The number of benzene rings is 1. The van der Waals surface area contributed by atoms with Crippen LogP contribution in [0.4, 0.5) is 0 Å². The predicted molar refractivity (Wildman–Crippen MR) is 79.1 cm³/mol. The lowest BCUT2D eigenvalue weighted by Gasteiger charge is -2.40. The van der Waals surface area contributed by atoms with Crippen LogP contribution in [-0.4, -0.2) is 39.8 Å². The van der Waals surface area contributed by atoms with Crippen LogP contribution in [0.15, 0.2) is 42.5 Å². The van der Waals surface area contributed by atoms with Gasteiger partial charge in [0.25, 0.3) is 5.54 Å². The summed E-state index contributed by atoms with van der Waals surface area (Å²) in [6.07, 6.45) is 1.89. The number of nitrogens with one attached hydrogen (secondary N) is 1. The summed E-state index contributed by atoms with van der Waals surface area (Å²) in [6, 6.07) is 9.28. The molecule has 0 saturated carbocycles. The molecule has 0 spiro atoms. The van der Waals surface area contributed by atoms with E-state index in [1.165, 1.54) is 6.08 Å². The highest BCUT2D eigenvalue weighted by atomic mass is 16.6. The van der Waals surface area contributed by atoms with E-state index in [1.54, 1.807) is 0 Å². The van der Waals surface area contributed by atoms with Gasteiger partial charge in [0.1, 0.15) is 13.0 Å². The van der Waals surface area contributed by atoms with Gasteiger partial charge in [-0.05, 0) is 6.08 Å². The Bertz CT molecular complexity index is 704. The lowest BCUT2D eigenvalue weighted by molar-refractivity contribution is -0.951. The van der Waals surface area contributed by atoms with Crippen LogP contribution in [0.2, 0.25) is 0 Å². The molecule has 0 aromatic heterocycles. The second kappa shape index (κ2) is 5.24. The number of hydrogen-bond acceptors (Lipinski definition) is 5. The molecule has 0 radical (unpaired) electrons. The monoisotopic (exact) mass is 318 g/mol. The van der Waals surface area contributed by atoms with Gasteiger partial charge < -0.3 is 4.90 Å². The van der Waals surface area contributed by atoms with Crippen molar-refractivity contribution in [2.45, 2.75) is 24.0 Å². The molecule has 1 N–H and O–H groups in total.